The minimum atomic E-state index is 0. The van der Waals surface area contributed by atoms with Crippen LogP contribution in [0.5, 0.6) is 0 Å². The van der Waals surface area contributed by atoms with E-state index in [1.807, 2.05) is 0 Å². The maximum atomic E-state index is 9.21. The van der Waals surface area contributed by atoms with Crippen LogP contribution in [0.1, 0.15) is 180 Å². The zero-order valence-corrected chi connectivity index (χ0v) is 26.0. The third kappa shape index (κ3) is 26.5. The van der Waals surface area contributed by atoms with Crippen molar-refractivity contribution in [1.29, 1.82) is 0 Å². The van der Waals surface area contributed by atoms with Gasteiger partial charge in [-0.3, -0.25) is 0 Å². The van der Waals surface area contributed by atoms with Crippen LogP contribution in [-0.4, -0.2) is 44.8 Å². The van der Waals surface area contributed by atoms with Crippen LogP contribution in [0.25, 0.3) is 0 Å². The first-order valence-electron chi connectivity index (χ1n) is 16.3. The van der Waals surface area contributed by atoms with E-state index in [0.29, 0.717) is 0 Å². The average molecular weight is 561 g/mol. The van der Waals surface area contributed by atoms with Crippen molar-refractivity contribution in [3.8, 4) is 0 Å². The van der Waals surface area contributed by atoms with Gasteiger partial charge in [0, 0.05) is 21.7 Å². The Labute approximate surface area is 245 Å². The van der Waals surface area contributed by atoms with Gasteiger partial charge in [-0.05, 0) is 51.4 Å². The van der Waals surface area contributed by atoms with Crippen molar-refractivity contribution in [2.24, 2.45) is 0 Å². The van der Waals surface area contributed by atoms with Gasteiger partial charge in [-0.15, -0.1) is 0 Å². The summed E-state index contributed by atoms with van der Waals surface area (Å²) in [5, 5.41) is 36.9. The fourth-order valence-corrected chi connectivity index (χ4v) is 5.74. The van der Waals surface area contributed by atoms with E-state index in [1.165, 1.54) is 128 Å². The zero-order valence-electron chi connectivity index (χ0n) is 24.4. The van der Waals surface area contributed by atoms with Crippen LogP contribution in [0.4, 0.5) is 0 Å². The standard InChI is InChI=1S/4C8H16O.Ti/c4*9-8-6-4-2-1-3-5-7-8;/h4*8-9H,1-7H2;. The summed E-state index contributed by atoms with van der Waals surface area (Å²) >= 11 is 0. The molecular formula is C32H64O4Ti. The van der Waals surface area contributed by atoms with Gasteiger partial charge in [0.25, 0.3) is 0 Å². The number of rotatable bonds is 0. The third-order valence-corrected chi connectivity index (χ3v) is 8.30. The van der Waals surface area contributed by atoms with E-state index in [2.05, 4.69) is 0 Å². The molecular weight excluding hydrogens is 496 g/mol. The minimum absolute atomic E-state index is 0. The van der Waals surface area contributed by atoms with Crippen molar-refractivity contribution >= 4 is 0 Å². The summed E-state index contributed by atoms with van der Waals surface area (Å²) in [7, 11) is 0. The molecule has 0 amide bonds. The molecule has 0 aromatic rings. The predicted molar refractivity (Wildman–Crippen MR) is 153 cm³/mol. The van der Waals surface area contributed by atoms with E-state index in [4.69, 9.17) is 0 Å². The normalized spacial score (nSPS) is 24.3. The van der Waals surface area contributed by atoms with Gasteiger partial charge in [0.15, 0.2) is 0 Å². The van der Waals surface area contributed by atoms with Crippen molar-refractivity contribution in [2.75, 3.05) is 0 Å². The molecule has 220 valence electrons. The van der Waals surface area contributed by atoms with Crippen LogP contribution in [0.15, 0.2) is 0 Å². The maximum Gasteiger partial charge on any atom is 0.0540 e. The van der Waals surface area contributed by atoms with Gasteiger partial charge in [0.1, 0.15) is 0 Å². The topological polar surface area (TPSA) is 80.9 Å². The second-order valence-electron chi connectivity index (χ2n) is 12.0. The summed E-state index contributed by atoms with van der Waals surface area (Å²) in [5.74, 6) is 0. The molecule has 4 aliphatic rings. The molecule has 0 heterocycles. The Balaban J connectivity index is 0.000000463. The van der Waals surface area contributed by atoms with Crippen LogP contribution >= 0.6 is 0 Å². The average Bonchev–Trinajstić information content (AvgIpc) is 2.80. The summed E-state index contributed by atoms with van der Waals surface area (Å²) in [4.78, 5) is 0. The molecule has 37 heavy (non-hydrogen) atoms. The predicted octanol–water partition coefficient (Wildman–Crippen LogP) is 8.36. The van der Waals surface area contributed by atoms with E-state index in [1.54, 1.807) is 0 Å². The third-order valence-electron chi connectivity index (χ3n) is 8.30. The molecule has 4 saturated carbocycles. The fourth-order valence-electron chi connectivity index (χ4n) is 5.74. The molecule has 0 aromatic heterocycles. The molecule has 0 bridgehead atoms. The molecule has 4 N–H and O–H groups in total. The van der Waals surface area contributed by atoms with Gasteiger partial charge in [0.05, 0.1) is 24.4 Å². The van der Waals surface area contributed by atoms with Crippen molar-refractivity contribution < 1.29 is 42.1 Å². The van der Waals surface area contributed by atoms with Gasteiger partial charge in [-0.25, -0.2) is 0 Å². The van der Waals surface area contributed by atoms with E-state index in [-0.39, 0.29) is 46.1 Å². The van der Waals surface area contributed by atoms with Gasteiger partial charge in [-0.1, -0.05) is 128 Å². The summed E-state index contributed by atoms with van der Waals surface area (Å²) in [6.45, 7) is 0. The SMILES string of the molecule is OC1CCCCCCC1.OC1CCCCCCC1.OC1CCCCCCC1.OC1CCCCCCC1.[Ti]. The molecule has 0 unspecified atom stereocenters. The second kappa shape index (κ2) is 28.1. The molecule has 0 atom stereocenters. The number of hydrogen-bond acceptors (Lipinski definition) is 4. The number of hydrogen-bond donors (Lipinski definition) is 4. The van der Waals surface area contributed by atoms with Crippen LogP contribution in [0.2, 0.25) is 0 Å². The van der Waals surface area contributed by atoms with Crippen LogP contribution in [0, 0.1) is 0 Å². The molecule has 4 rings (SSSR count). The van der Waals surface area contributed by atoms with Crippen molar-refractivity contribution in [1.82, 2.24) is 0 Å². The molecule has 4 nitrogen and oxygen atoms in total. The maximum absolute atomic E-state index is 9.21. The molecule has 0 aromatic carbocycles. The largest absolute Gasteiger partial charge is 0.393 e. The van der Waals surface area contributed by atoms with Crippen molar-refractivity contribution in [3.05, 3.63) is 0 Å². The molecule has 0 aliphatic heterocycles. The second-order valence-corrected chi connectivity index (χ2v) is 12.0. The van der Waals surface area contributed by atoms with E-state index < -0.39 is 0 Å². The Hall–Kier alpha value is 0.554. The molecule has 0 spiro atoms. The van der Waals surface area contributed by atoms with Crippen molar-refractivity contribution in [2.45, 2.75) is 204 Å². The number of aliphatic hydroxyl groups excluding tert-OH is 4. The summed E-state index contributed by atoms with van der Waals surface area (Å²) < 4.78 is 0. The smallest absolute Gasteiger partial charge is 0.0540 e. The Morgan fingerprint density at radius 1 is 0.216 bits per heavy atom. The quantitative estimate of drug-likeness (QED) is 0.224. The van der Waals surface area contributed by atoms with E-state index in [0.717, 1.165) is 51.4 Å². The number of aliphatic hydroxyl groups is 4. The molecule has 5 heteroatoms. The molecule has 0 saturated heterocycles. The Morgan fingerprint density at radius 2 is 0.324 bits per heavy atom. The Bertz CT molecular complexity index is 339. The summed E-state index contributed by atoms with van der Waals surface area (Å²) in [6.07, 6.45) is 34.5. The Kier molecular flexibility index (Phi) is 28.5. The van der Waals surface area contributed by atoms with Crippen LogP contribution < -0.4 is 0 Å². The van der Waals surface area contributed by atoms with Gasteiger partial charge < -0.3 is 20.4 Å². The zero-order chi connectivity index (χ0) is 26.1. The van der Waals surface area contributed by atoms with Crippen LogP contribution in [-0.2, 0) is 21.7 Å². The van der Waals surface area contributed by atoms with Crippen LogP contribution in [0.3, 0.4) is 0 Å². The van der Waals surface area contributed by atoms with E-state index >= 15 is 0 Å². The first-order chi connectivity index (χ1) is 17.6. The molecule has 0 radical (unpaired) electrons. The first-order valence-corrected chi connectivity index (χ1v) is 16.3. The van der Waals surface area contributed by atoms with Gasteiger partial charge >= 0.3 is 0 Å². The van der Waals surface area contributed by atoms with Crippen molar-refractivity contribution in [3.63, 3.8) is 0 Å². The van der Waals surface area contributed by atoms with Gasteiger partial charge in [0.2, 0.25) is 0 Å². The minimum Gasteiger partial charge on any atom is -0.393 e. The molecule has 4 aliphatic carbocycles. The Morgan fingerprint density at radius 3 is 0.459 bits per heavy atom. The van der Waals surface area contributed by atoms with E-state index in [9.17, 15) is 20.4 Å². The fraction of sp³-hybridized carbons (Fsp3) is 1.00. The monoisotopic (exact) mass is 560 g/mol. The summed E-state index contributed by atoms with van der Waals surface area (Å²) in [5.41, 5.74) is 0. The first kappa shape index (κ1) is 37.6. The van der Waals surface area contributed by atoms with Gasteiger partial charge in [-0.2, -0.15) is 0 Å². The molecule has 4 fully saturated rings. The summed E-state index contributed by atoms with van der Waals surface area (Å²) in [6, 6.07) is 0.